The summed E-state index contributed by atoms with van der Waals surface area (Å²) >= 11 is 0. The lowest BCUT2D eigenvalue weighted by Crippen LogP contribution is -2.60. The molecule has 0 aliphatic heterocycles. The van der Waals surface area contributed by atoms with Crippen LogP contribution >= 0.6 is 0 Å². The van der Waals surface area contributed by atoms with Gasteiger partial charge in [-0.15, -0.1) is 0 Å². The lowest BCUT2D eigenvalue weighted by molar-refractivity contribution is -0.219. The Hall–Kier alpha value is -1.24. The minimum Gasteiger partial charge on any atom is -0.459 e. The van der Waals surface area contributed by atoms with Crippen molar-refractivity contribution in [2.75, 3.05) is 13.2 Å². The SMILES string of the molecule is CC(F)(F)COC(=O)C12CC3CC(CC(OCC(=O)OC4(C)CCCCC4)(C3)C1)C2. The van der Waals surface area contributed by atoms with Crippen LogP contribution < -0.4 is 0 Å². The van der Waals surface area contributed by atoms with Crippen LogP contribution in [0.1, 0.15) is 84.5 Å². The first kappa shape index (κ1) is 22.0. The summed E-state index contributed by atoms with van der Waals surface area (Å²) in [5.41, 5.74) is -1.71. The molecule has 0 spiro atoms. The second kappa shape index (κ2) is 7.72. The third-order valence-electron chi connectivity index (χ3n) is 7.66. The topological polar surface area (TPSA) is 61.8 Å². The quantitative estimate of drug-likeness (QED) is 0.545. The summed E-state index contributed by atoms with van der Waals surface area (Å²) in [6.45, 7) is 1.74. The second-order valence-electron chi connectivity index (χ2n) is 10.8. The number of ether oxygens (including phenoxy) is 3. The maximum Gasteiger partial charge on any atom is 0.332 e. The van der Waals surface area contributed by atoms with Crippen LogP contribution in [0.15, 0.2) is 0 Å². The number of hydrogen-bond donors (Lipinski definition) is 0. The molecule has 0 aromatic carbocycles. The lowest BCUT2D eigenvalue weighted by Gasteiger charge is -2.60. The zero-order valence-corrected chi connectivity index (χ0v) is 18.1. The standard InChI is InChI=1S/C23H34F2O5/c1-20(6-4-3-5-7-20)30-18(26)13-29-23-11-16-8-17(12-23)10-22(9-16,14-23)19(27)28-15-21(2,24)25/h16-17H,3-15H2,1-2H3. The van der Waals surface area contributed by atoms with E-state index in [9.17, 15) is 18.4 Å². The molecule has 4 bridgehead atoms. The number of carbonyl (C=O) groups is 2. The normalized spacial score (nSPS) is 37.1. The van der Waals surface area contributed by atoms with E-state index in [0.717, 1.165) is 51.9 Å². The predicted molar refractivity (Wildman–Crippen MR) is 105 cm³/mol. The van der Waals surface area contributed by atoms with E-state index in [1.165, 1.54) is 6.42 Å². The van der Waals surface area contributed by atoms with E-state index < -0.39 is 35.1 Å². The summed E-state index contributed by atoms with van der Waals surface area (Å²) in [5, 5.41) is 0. The van der Waals surface area contributed by atoms with Gasteiger partial charge in [-0.2, -0.15) is 0 Å². The van der Waals surface area contributed by atoms with Crippen LogP contribution in [0.5, 0.6) is 0 Å². The van der Waals surface area contributed by atoms with Crippen molar-refractivity contribution in [3.05, 3.63) is 0 Å². The molecule has 0 radical (unpaired) electrons. The van der Waals surface area contributed by atoms with Crippen LogP contribution in [0.3, 0.4) is 0 Å². The molecular weight excluding hydrogens is 394 g/mol. The van der Waals surface area contributed by atoms with Crippen LogP contribution in [0.2, 0.25) is 0 Å². The van der Waals surface area contributed by atoms with E-state index in [0.29, 0.717) is 31.1 Å². The second-order valence-corrected chi connectivity index (χ2v) is 10.8. The van der Waals surface area contributed by atoms with Crippen molar-refractivity contribution < 1.29 is 32.6 Å². The summed E-state index contributed by atoms with van der Waals surface area (Å²) in [4.78, 5) is 25.3. The number of hydrogen-bond acceptors (Lipinski definition) is 5. The van der Waals surface area contributed by atoms with Gasteiger partial charge in [0.05, 0.1) is 11.0 Å². The van der Waals surface area contributed by atoms with Gasteiger partial charge in [-0.05, 0) is 83.0 Å². The number of rotatable bonds is 7. The van der Waals surface area contributed by atoms with Crippen molar-refractivity contribution in [1.29, 1.82) is 0 Å². The summed E-state index contributed by atoms with van der Waals surface area (Å²) in [6, 6.07) is 0. The van der Waals surface area contributed by atoms with Crippen LogP contribution in [-0.4, -0.2) is 42.3 Å². The molecule has 30 heavy (non-hydrogen) atoms. The Morgan fingerprint density at radius 3 is 2.27 bits per heavy atom. The van der Waals surface area contributed by atoms with Crippen LogP contribution in [-0.2, 0) is 23.8 Å². The largest absolute Gasteiger partial charge is 0.459 e. The smallest absolute Gasteiger partial charge is 0.332 e. The molecule has 5 fully saturated rings. The van der Waals surface area contributed by atoms with Gasteiger partial charge in [0.2, 0.25) is 0 Å². The van der Waals surface area contributed by atoms with E-state index in [4.69, 9.17) is 14.2 Å². The van der Waals surface area contributed by atoms with Gasteiger partial charge in [0, 0.05) is 6.92 Å². The fourth-order valence-corrected chi connectivity index (χ4v) is 6.85. The zero-order chi connectivity index (χ0) is 21.6. The van der Waals surface area contributed by atoms with Gasteiger partial charge in [0.25, 0.3) is 5.92 Å². The van der Waals surface area contributed by atoms with Crippen molar-refractivity contribution in [2.45, 2.75) is 102 Å². The fourth-order valence-electron chi connectivity index (χ4n) is 6.85. The van der Waals surface area contributed by atoms with Crippen LogP contribution in [0, 0.1) is 17.3 Å². The van der Waals surface area contributed by atoms with Gasteiger partial charge < -0.3 is 14.2 Å². The van der Waals surface area contributed by atoms with Gasteiger partial charge in [-0.3, -0.25) is 4.79 Å². The lowest BCUT2D eigenvalue weighted by atomic mass is 9.48. The average molecular weight is 429 g/mol. The van der Waals surface area contributed by atoms with Gasteiger partial charge in [0.15, 0.2) is 6.61 Å². The highest BCUT2D eigenvalue weighted by Gasteiger charge is 2.62. The minimum atomic E-state index is -3.04. The van der Waals surface area contributed by atoms with E-state index in [2.05, 4.69) is 0 Å². The maximum absolute atomic E-state index is 13.2. The highest BCUT2D eigenvalue weighted by Crippen LogP contribution is 2.63. The molecule has 5 saturated carbocycles. The van der Waals surface area contributed by atoms with E-state index in [1.54, 1.807) is 0 Å². The zero-order valence-electron chi connectivity index (χ0n) is 18.1. The summed E-state index contributed by atoms with van der Waals surface area (Å²) < 4.78 is 43.4. The first-order valence-electron chi connectivity index (χ1n) is 11.4. The van der Waals surface area contributed by atoms with E-state index in [-0.39, 0.29) is 12.6 Å². The monoisotopic (exact) mass is 428 g/mol. The minimum absolute atomic E-state index is 0.118. The van der Waals surface area contributed by atoms with Gasteiger partial charge in [-0.25, -0.2) is 13.6 Å². The highest BCUT2D eigenvalue weighted by atomic mass is 19.3. The number of halogens is 2. The molecule has 5 aliphatic carbocycles. The number of esters is 2. The first-order valence-corrected chi connectivity index (χ1v) is 11.4. The highest BCUT2D eigenvalue weighted by molar-refractivity contribution is 5.78. The van der Waals surface area contributed by atoms with Crippen LogP contribution in [0.4, 0.5) is 8.78 Å². The van der Waals surface area contributed by atoms with Crippen molar-refractivity contribution >= 4 is 11.9 Å². The molecular formula is C23H34F2O5. The molecule has 0 aromatic heterocycles. The Morgan fingerprint density at radius 2 is 1.67 bits per heavy atom. The molecule has 5 rings (SSSR count). The molecule has 0 saturated heterocycles. The average Bonchev–Trinajstić information content (AvgIpc) is 2.63. The van der Waals surface area contributed by atoms with Crippen molar-refractivity contribution in [2.24, 2.45) is 17.3 Å². The molecule has 2 unspecified atom stereocenters. The molecule has 170 valence electrons. The van der Waals surface area contributed by atoms with Crippen LogP contribution in [0.25, 0.3) is 0 Å². The Labute approximate surface area is 177 Å². The third-order valence-corrected chi connectivity index (χ3v) is 7.66. The van der Waals surface area contributed by atoms with Gasteiger partial charge >= 0.3 is 11.9 Å². The van der Waals surface area contributed by atoms with Crippen molar-refractivity contribution in [3.63, 3.8) is 0 Å². The molecule has 5 nitrogen and oxygen atoms in total. The Morgan fingerprint density at radius 1 is 1.03 bits per heavy atom. The molecule has 0 amide bonds. The number of alkyl halides is 2. The molecule has 2 atom stereocenters. The van der Waals surface area contributed by atoms with E-state index >= 15 is 0 Å². The summed E-state index contributed by atoms with van der Waals surface area (Å²) in [5.74, 6) is -3.29. The van der Waals surface area contributed by atoms with Crippen molar-refractivity contribution in [1.82, 2.24) is 0 Å². The number of carbonyl (C=O) groups excluding carboxylic acids is 2. The molecule has 5 aliphatic rings. The van der Waals surface area contributed by atoms with Gasteiger partial charge in [0.1, 0.15) is 12.2 Å². The summed E-state index contributed by atoms with van der Waals surface area (Å²) in [6.07, 6.45) is 9.53. The Balaban J connectivity index is 1.39. The van der Waals surface area contributed by atoms with Gasteiger partial charge in [-0.1, -0.05) is 6.42 Å². The van der Waals surface area contributed by atoms with E-state index in [1.807, 2.05) is 6.92 Å². The molecule has 0 aromatic rings. The fraction of sp³-hybridized carbons (Fsp3) is 0.913. The third kappa shape index (κ3) is 4.66. The predicted octanol–water partition coefficient (Wildman–Crippen LogP) is 4.81. The first-order chi connectivity index (χ1) is 14.0. The summed E-state index contributed by atoms with van der Waals surface area (Å²) in [7, 11) is 0. The van der Waals surface area contributed by atoms with Crippen molar-refractivity contribution in [3.8, 4) is 0 Å². The molecule has 0 N–H and O–H groups in total. The molecule has 0 heterocycles. The molecule has 7 heteroatoms. The Kier molecular flexibility index (Phi) is 5.65. The maximum atomic E-state index is 13.2. The Bertz CT molecular complexity index is 666.